The van der Waals surface area contributed by atoms with Crippen molar-refractivity contribution in [3.63, 3.8) is 0 Å². The zero-order chi connectivity index (χ0) is 10.6. The molecule has 0 aromatic heterocycles. The number of hydrogen-bond donors (Lipinski definition) is 1. The largest absolute Gasteiger partial charge is 0.501 e. The van der Waals surface area contributed by atoms with Crippen molar-refractivity contribution in [2.75, 3.05) is 7.11 Å². The first-order chi connectivity index (χ1) is 7.14. The molecule has 2 saturated carbocycles. The summed E-state index contributed by atoms with van der Waals surface area (Å²) in [6, 6.07) is 0. The van der Waals surface area contributed by atoms with Crippen LogP contribution in [0.4, 0.5) is 0 Å². The molecule has 3 heteroatoms. The third-order valence-electron chi connectivity index (χ3n) is 4.41. The molecule has 4 aliphatic carbocycles. The van der Waals surface area contributed by atoms with Gasteiger partial charge in [0.2, 0.25) is 0 Å². The third-order valence-corrected chi connectivity index (χ3v) is 4.41. The molecule has 82 valence electrons. The lowest BCUT2D eigenvalue weighted by molar-refractivity contribution is -0.156. The Balaban J connectivity index is 2.04. The van der Waals surface area contributed by atoms with Gasteiger partial charge in [-0.25, -0.2) is 0 Å². The number of carboxylic acid groups (broad SMARTS) is 1. The zero-order valence-corrected chi connectivity index (χ0v) is 8.95. The van der Waals surface area contributed by atoms with Gasteiger partial charge in [-0.3, -0.25) is 4.79 Å². The molecule has 0 heterocycles. The lowest BCUT2D eigenvalue weighted by Gasteiger charge is -2.51. The van der Waals surface area contributed by atoms with E-state index in [1.54, 1.807) is 7.11 Å². The number of hydrogen-bond acceptors (Lipinski definition) is 2. The van der Waals surface area contributed by atoms with Crippen LogP contribution in [0.15, 0.2) is 11.3 Å². The lowest BCUT2D eigenvalue weighted by Crippen LogP contribution is -2.47. The summed E-state index contributed by atoms with van der Waals surface area (Å²) in [6.07, 6.45) is 4.64. The van der Waals surface area contributed by atoms with Crippen LogP contribution in [0.3, 0.4) is 0 Å². The van der Waals surface area contributed by atoms with Crippen LogP contribution in [-0.2, 0) is 9.53 Å². The van der Waals surface area contributed by atoms with E-state index in [1.807, 2.05) is 0 Å². The van der Waals surface area contributed by atoms with Gasteiger partial charge in [0.25, 0.3) is 0 Å². The summed E-state index contributed by atoms with van der Waals surface area (Å²) in [6.45, 7) is 0. The van der Waals surface area contributed by atoms with Crippen molar-refractivity contribution in [2.24, 2.45) is 17.3 Å². The van der Waals surface area contributed by atoms with E-state index in [2.05, 4.69) is 0 Å². The van der Waals surface area contributed by atoms with Gasteiger partial charge in [0.15, 0.2) is 0 Å². The first kappa shape index (κ1) is 9.25. The number of allylic oxidation sites excluding steroid dienone is 2. The van der Waals surface area contributed by atoms with Crippen molar-refractivity contribution in [3.8, 4) is 0 Å². The molecule has 4 bridgehead atoms. The summed E-state index contributed by atoms with van der Waals surface area (Å²) in [7, 11) is 1.72. The Bertz CT molecular complexity index is 358. The Morgan fingerprint density at radius 2 is 2.33 bits per heavy atom. The standard InChI is InChI=1S/C12H16O3/c1-15-10-8-2-7-3-9(10)6-12(4-7,5-8)11(13)14/h7-8H,2-6H2,1H3,(H,13,14). The fourth-order valence-corrected chi connectivity index (χ4v) is 4.04. The molecule has 4 rings (SSSR count). The average Bonchev–Trinajstić information content (AvgIpc) is 2.16. The van der Waals surface area contributed by atoms with Gasteiger partial charge in [0.05, 0.1) is 18.3 Å². The topological polar surface area (TPSA) is 46.5 Å². The summed E-state index contributed by atoms with van der Waals surface area (Å²) in [5.74, 6) is 1.51. The molecule has 0 aromatic rings. The van der Waals surface area contributed by atoms with Crippen LogP contribution in [0.2, 0.25) is 0 Å². The monoisotopic (exact) mass is 208 g/mol. The molecule has 3 atom stereocenters. The Kier molecular flexibility index (Phi) is 1.71. The highest BCUT2D eigenvalue weighted by Gasteiger charge is 2.55. The Labute approximate surface area is 89.1 Å². The van der Waals surface area contributed by atoms with E-state index in [4.69, 9.17) is 4.74 Å². The van der Waals surface area contributed by atoms with Crippen LogP contribution in [0.25, 0.3) is 0 Å². The van der Waals surface area contributed by atoms with Gasteiger partial charge >= 0.3 is 5.97 Å². The van der Waals surface area contributed by atoms with E-state index < -0.39 is 11.4 Å². The van der Waals surface area contributed by atoms with Crippen molar-refractivity contribution < 1.29 is 14.6 Å². The van der Waals surface area contributed by atoms with E-state index in [0.29, 0.717) is 11.8 Å². The van der Waals surface area contributed by atoms with Gasteiger partial charge in [-0.2, -0.15) is 0 Å². The van der Waals surface area contributed by atoms with E-state index in [9.17, 15) is 9.90 Å². The molecule has 2 fully saturated rings. The van der Waals surface area contributed by atoms with Gasteiger partial charge in [-0.05, 0) is 43.6 Å². The number of rotatable bonds is 2. The van der Waals surface area contributed by atoms with Crippen molar-refractivity contribution in [1.82, 2.24) is 0 Å². The maximum absolute atomic E-state index is 11.4. The minimum atomic E-state index is -0.593. The molecule has 0 saturated heterocycles. The van der Waals surface area contributed by atoms with E-state index >= 15 is 0 Å². The molecule has 3 unspecified atom stereocenters. The number of carboxylic acids is 1. The molecule has 3 nitrogen and oxygen atoms in total. The van der Waals surface area contributed by atoms with Gasteiger partial charge in [-0.15, -0.1) is 0 Å². The molecule has 15 heavy (non-hydrogen) atoms. The molecule has 0 radical (unpaired) electrons. The highest BCUT2D eigenvalue weighted by Crippen LogP contribution is 2.59. The zero-order valence-electron chi connectivity index (χ0n) is 8.95. The fourth-order valence-electron chi connectivity index (χ4n) is 4.04. The normalized spacial score (nSPS) is 42.2. The van der Waals surface area contributed by atoms with Gasteiger partial charge in [0.1, 0.15) is 0 Å². The highest BCUT2D eigenvalue weighted by atomic mass is 16.5. The number of carbonyl (C=O) groups is 1. The van der Waals surface area contributed by atoms with Crippen molar-refractivity contribution in [3.05, 3.63) is 11.3 Å². The molecule has 0 aliphatic heterocycles. The first-order valence-electron chi connectivity index (χ1n) is 5.64. The molecular formula is C12H16O3. The number of aliphatic carboxylic acids is 1. The van der Waals surface area contributed by atoms with E-state index in [1.165, 1.54) is 5.57 Å². The van der Waals surface area contributed by atoms with E-state index in [-0.39, 0.29) is 0 Å². The molecule has 0 amide bonds. The van der Waals surface area contributed by atoms with Crippen molar-refractivity contribution in [2.45, 2.75) is 32.1 Å². The Morgan fingerprint density at radius 3 is 2.93 bits per heavy atom. The minimum Gasteiger partial charge on any atom is -0.501 e. The molecular weight excluding hydrogens is 192 g/mol. The lowest BCUT2D eigenvalue weighted by atomic mass is 9.53. The number of methoxy groups -OCH3 is 1. The predicted octanol–water partition coefficient (Wildman–Crippen LogP) is 2.18. The van der Waals surface area contributed by atoms with Crippen LogP contribution >= 0.6 is 0 Å². The fraction of sp³-hybridized carbons (Fsp3) is 0.750. The second-order valence-electron chi connectivity index (χ2n) is 5.35. The summed E-state index contributed by atoms with van der Waals surface area (Å²) in [4.78, 5) is 11.4. The van der Waals surface area contributed by atoms with Crippen LogP contribution < -0.4 is 0 Å². The Morgan fingerprint density at radius 1 is 1.53 bits per heavy atom. The maximum atomic E-state index is 11.4. The second-order valence-corrected chi connectivity index (χ2v) is 5.35. The SMILES string of the molecule is COC1=C2CC3CC1CC(C(=O)O)(C2)C3. The second kappa shape index (κ2) is 2.77. The van der Waals surface area contributed by atoms with Gasteiger partial charge in [0, 0.05) is 5.92 Å². The quantitative estimate of drug-likeness (QED) is 0.756. The van der Waals surface area contributed by atoms with E-state index in [0.717, 1.165) is 37.9 Å². The van der Waals surface area contributed by atoms with Gasteiger partial charge in [-0.1, -0.05) is 0 Å². The Hall–Kier alpha value is -0.990. The average molecular weight is 208 g/mol. The molecule has 4 aliphatic rings. The summed E-state index contributed by atoms with van der Waals surface area (Å²) < 4.78 is 5.44. The summed E-state index contributed by atoms with van der Waals surface area (Å²) in [5.41, 5.74) is 0.849. The van der Waals surface area contributed by atoms with Crippen LogP contribution in [0.1, 0.15) is 32.1 Å². The smallest absolute Gasteiger partial charge is 0.309 e. The van der Waals surface area contributed by atoms with Crippen molar-refractivity contribution in [1.29, 1.82) is 0 Å². The van der Waals surface area contributed by atoms with Crippen molar-refractivity contribution >= 4 is 5.97 Å². The number of ether oxygens (including phenoxy) is 1. The van der Waals surface area contributed by atoms with Crippen LogP contribution in [0, 0.1) is 17.3 Å². The third kappa shape index (κ3) is 1.09. The molecule has 0 aromatic carbocycles. The minimum absolute atomic E-state index is 0.391. The molecule has 0 spiro atoms. The summed E-state index contributed by atoms with van der Waals surface area (Å²) in [5, 5.41) is 9.37. The maximum Gasteiger partial charge on any atom is 0.309 e. The van der Waals surface area contributed by atoms with Crippen LogP contribution in [-0.4, -0.2) is 18.2 Å². The van der Waals surface area contributed by atoms with Crippen LogP contribution in [0.5, 0.6) is 0 Å². The highest BCUT2D eigenvalue weighted by molar-refractivity contribution is 5.76. The first-order valence-corrected chi connectivity index (χ1v) is 5.64. The van der Waals surface area contributed by atoms with Gasteiger partial charge < -0.3 is 9.84 Å². The molecule has 1 N–H and O–H groups in total. The summed E-state index contributed by atoms with van der Waals surface area (Å²) >= 11 is 0. The predicted molar refractivity (Wildman–Crippen MR) is 54.2 cm³/mol.